The van der Waals surface area contributed by atoms with Crippen LogP contribution in [0.15, 0.2) is 83.3 Å². The standard InChI is InChI=1S/C25H21N3O3/c1-17-10-12-19(13-11-17)24-27-28-25(31-24)20-7-5-8-21(16-20)26-23(29)15-14-18-6-3-4-9-22(18)30-2/h3-16H,1-2H3,(H,26,29). The van der Waals surface area contributed by atoms with Crippen LogP contribution in [0.1, 0.15) is 11.1 Å². The molecule has 4 aromatic rings. The van der Waals surface area contributed by atoms with Crippen molar-refractivity contribution in [2.45, 2.75) is 6.92 Å². The van der Waals surface area contributed by atoms with Crippen molar-refractivity contribution in [3.63, 3.8) is 0 Å². The first kappa shape index (κ1) is 20.1. The van der Waals surface area contributed by atoms with Gasteiger partial charge in [0.15, 0.2) is 0 Å². The van der Waals surface area contributed by atoms with Crippen LogP contribution in [-0.4, -0.2) is 23.2 Å². The molecule has 0 aliphatic heterocycles. The van der Waals surface area contributed by atoms with Gasteiger partial charge in [-0.15, -0.1) is 10.2 Å². The summed E-state index contributed by atoms with van der Waals surface area (Å²) in [6.07, 6.45) is 3.18. The summed E-state index contributed by atoms with van der Waals surface area (Å²) in [6.45, 7) is 2.02. The highest BCUT2D eigenvalue weighted by Gasteiger charge is 2.11. The Bertz CT molecular complexity index is 1230. The molecule has 0 unspecified atom stereocenters. The van der Waals surface area contributed by atoms with Crippen molar-refractivity contribution < 1.29 is 13.9 Å². The quantitative estimate of drug-likeness (QED) is 0.432. The number of rotatable bonds is 6. The van der Waals surface area contributed by atoms with Crippen molar-refractivity contribution in [2.24, 2.45) is 0 Å². The van der Waals surface area contributed by atoms with E-state index in [0.29, 0.717) is 23.2 Å². The van der Waals surface area contributed by atoms with Crippen LogP contribution in [0.25, 0.3) is 29.0 Å². The summed E-state index contributed by atoms with van der Waals surface area (Å²) >= 11 is 0. The Balaban J connectivity index is 1.48. The van der Waals surface area contributed by atoms with E-state index in [-0.39, 0.29) is 5.91 Å². The molecule has 0 fully saturated rings. The van der Waals surface area contributed by atoms with Crippen molar-refractivity contribution >= 4 is 17.7 Å². The number of nitrogens with one attached hydrogen (secondary N) is 1. The third-order valence-electron chi connectivity index (χ3n) is 4.65. The summed E-state index contributed by atoms with van der Waals surface area (Å²) in [7, 11) is 1.60. The fourth-order valence-electron chi connectivity index (χ4n) is 3.04. The summed E-state index contributed by atoms with van der Waals surface area (Å²) in [4.78, 5) is 12.4. The highest BCUT2D eigenvalue weighted by atomic mass is 16.5. The number of ether oxygens (including phenoxy) is 1. The van der Waals surface area contributed by atoms with Gasteiger partial charge >= 0.3 is 0 Å². The first-order valence-corrected chi connectivity index (χ1v) is 9.75. The van der Waals surface area contributed by atoms with Crippen LogP contribution in [0.2, 0.25) is 0 Å². The fourth-order valence-corrected chi connectivity index (χ4v) is 3.04. The number of aromatic nitrogens is 2. The van der Waals surface area contributed by atoms with Gasteiger partial charge in [0.05, 0.1) is 7.11 Å². The van der Waals surface area contributed by atoms with Crippen LogP contribution < -0.4 is 10.1 Å². The molecule has 1 heterocycles. The van der Waals surface area contributed by atoms with Crippen LogP contribution in [0.5, 0.6) is 5.75 Å². The third-order valence-corrected chi connectivity index (χ3v) is 4.65. The van der Waals surface area contributed by atoms with E-state index in [4.69, 9.17) is 9.15 Å². The van der Waals surface area contributed by atoms with Gasteiger partial charge in [-0.25, -0.2) is 0 Å². The van der Waals surface area contributed by atoms with Crippen LogP contribution in [0.4, 0.5) is 5.69 Å². The zero-order valence-electron chi connectivity index (χ0n) is 17.2. The van der Waals surface area contributed by atoms with Crippen molar-refractivity contribution in [2.75, 3.05) is 12.4 Å². The Morgan fingerprint density at radius 3 is 2.45 bits per heavy atom. The molecule has 31 heavy (non-hydrogen) atoms. The normalized spacial score (nSPS) is 10.9. The van der Waals surface area contributed by atoms with Gasteiger partial charge in [-0.1, -0.05) is 42.0 Å². The summed E-state index contributed by atoms with van der Waals surface area (Å²) in [6, 6.07) is 22.6. The maximum atomic E-state index is 12.4. The van der Waals surface area contributed by atoms with Crippen molar-refractivity contribution in [3.8, 4) is 28.7 Å². The smallest absolute Gasteiger partial charge is 0.248 e. The van der Waals surface area contributed by atoms with Gasteiger partial charge in [0.1, 0.15) is 5.75 Å². The minimum atomic E-state index is -0.256. The van der Waals surface area contributed by atoms with Crippen LogP contribution in [0.3, 0.4) is 0 Å². The summed E-state index contributed by atoms with van der Waals surface area (Å²) in [5.41, 5.74) is 4.19. The lowest BCUT2D eigenvalue weighted by atomic mass is 10.1. The number of methoxy groups -OCH3 is 1. The second-order valence-corrected chi connectivity index (χ2v) is 6.92. The number of amides is 1. The zero-order valence-corrected chi connectivity index (χ0v) is 17.2. The van der Waals surface area contributed by atoms with Gasteiger partial charge < -0.3 is 14.5 Å². The van der Waals surface area contributed by atoms with Crippen LogP contribution in [-0.2, 0) is 4.79 Å². The van der Waals surface area contributed by atoms with E-state index in [0.717, 1.165) is 22.3 Å². The van der Waals surface area contributed by atoms with Crippen molar-refractivity contribution in [1.29, 1.82) is 0 Å². The first-order valence-electron chi connectivity index (χ1n) is 9.75. The minimum absolute atomic E-state index is 0.256. The molecule has 3 aromatic carbocycles. The summed E-state index contributed by atoms with van der Waals surface area (Å²) in [5.74, 6) is 1.28. The van der Waals surface area contributed by atoms with E-state index in [1.807, 2.05) is 67.6 Å². The molecule has 1 N–H and O–H groups in total. The van der Waals surface area contributed by atoms with Gasteiger partial charge in [-0.2, -0.15) is 0 Å². The number of para-hydroxylation sites is 1. The zero-order chi connectivity index (χ0) is 21.6. The van der Waals surface area contributed by atoms with E-state index in [9.17, 15) is 4.79 Å². The lowest BCUT2D eigenvalue weighted by molar-refractivity contribution is -0.111. The molecule has 0 aliphatic carbocycles. The predicted octanol–water partition coefficient (Wildman–Crippen LogP) is 5.37. The number of anilines is 1. The Morgan fingerprint density at radius 2 is 1.68 bits per heavy atom. The maximum Gasteiger partial charge on any atom is 0.248 e. The molecule has 0 aliphatic rings. The molecule has 0 saturated heterocycles. The summed E-state index contributed by atoms with van der Waals surface area (Å²) < 4.78 is 11.1. The Labute approximate surface area is 180 Å². The molecule has 4 rings (SSSR count). The van der Waals surface area contributed by atoms with E-state index in [1.54, 1.807) is 25.3 Å². The van der Waals surface area contributed by atoms with E-state index in [2.05, 4.69) is 15.5 Å². The Kier molecular flexibility index (Phi) is 5.89. The molecular formula is C25H21N3O3. The lowest BCUT2D eigenvalue weighted by Gasteiger charge is -2.05. The topological polar surface area (TPSA) is 77.2 Å². The third kappa shape index (κ3) is 4.87. The number of nitrogens with zero attached hydrogens (tertiary/aromatic N) is 2. The second kappa shape index (κ2) is 9.09. The SMILES string of the molecule is COc1ccccc1C=CC(=O)Nc1cccc(-c2nnc(-c3ccc(C)cc3)o2)c1. The fraction of sp³-hybridized carbons (Fsp3) is 0.0800. The monoisotopic (exact) mass is 411 g/mol. The van der Waals surface area contributed by atoms with Crippen LogP contribution >= 0.6 is 0 Å². The number of carbonyl (C=O) groups is 1. The molecule has 1 aromatic heterocycles. The molecule has 6 nitrogen and oxygen atoms in total. The number of hydrogen-bond acceptors (Lipinski definition) is 5. The molecular weight excluding hydrogens is 390 g/mol. The van der Waals surface area contributed by atoms with Gasteiger partial charge in [0, 0.05) is 28.5 Å². The highest BCUT2D eigenvalue weighted by molar-refractivity contribution is 6.02. The first-order chi connectivity index (χ1) is 15.1. The molecule has 0 saturated carbocycles. The number of carbonyl (C=O) groups excluding carboxylic acids is 1. The Morgan fingerprint density at radius 1 is 0.935 bits per heavy atom. The van der Waals surface area contributed by atoms with Gasteiger partial charge in [-0.05, 0) is 49.4 Å². The van der Waals surface area contributed by atoms with E-state index in [1.165, 1.54) is 6.08 Å². The number of aryl methyl sites for hydroxylation is 1. The molecule has 0 radical (unpaired) electrons. The van der Waals surface area contributed by atoms with Gasteiger partial charge in [0.2, 0.25) is 17.7 Å². The molecule has 0 bridgehead atoms. The summed E-state index contributed by atoms with van der Waals surface area (Å²) in [5, 5.41) is 11.1. The Hall–Kier alpha value is -4.19. The molecule has 154 valence electrons. The number of benzene rings is 3. The van der Waals surface area contributed by atoms with Crippen molar-refractivity contribution in [3.05, 3.63) is 90.0 Å². The maximum absolute atomic E-state index is 12.4. The molecule has 1 amide bonds. The average Bonchev–Trinajstić information content (AvgIpc) is 3.29. The van der Waals surface area contributed by atoms with Gasteiger partial charge in [-0.3, -0.25) is 4.79 Å². The van der Waals surface area contributed by atoms with Crippen LogP contribution in [0, 0.1) is 6.92 Å². The van der Waals surface area contributed by atoms with E-state index >= 15 is 0 Å². The van der Waals surface area contributed by atoms with Gasteiger partial charge in [0.25, 0.3) is 0 Å². The highest BCUT2D eigenvalue weighted by Crippen LogP contribution is 2.26. The molecule has 0 spiro atoms. The second-order valence-electron chi connectivity index (χ2n) is 6.92. The molecule has 0 atom stereocenters. The number of hydrogen-bond donors (Lipinski definition) is 1. The minimum Gasteiger partial charge on any atom is -0.496 e. The predicted molar refractivity (Wildman–Crippen MR) is 121 cm³/mol. The van der Waals surface area contributed by atoms with E-state index < -0.39 is 0 Å². The average molecular weight is 411 g/mol. The largest absolute Gasteiger partial charge is 0.496 e. The lowest BCUT2D eigenvalue weighted by Crippen LogP contribution is -2.07. The molecule has 6 heteroatoms. The van der Waals surface area contributed by atoms with Crippen molar-refractivity contribution in [1.82, 2.24) is 10.2 Å².